The van der Waals surface area contributed by atoms with Gasteiger partial charge in [0.1, 0.15) is 5.78 Å². The topological polar surface area (TPSA) is 17.1 Å². The molecule has 0 N–H and O–H groups in total. The highest BCUT2D eigenvalue weighted by Crippen LogP contribution is 2.15. The van der Waals surface area contributed by atoms with Gasteiger partial charge in [-0.3, -0.25) is 4.79 Å². The molecule has 2 aromatic rings. The summed E-state index contributed by atoms with van der Waals surface area (Å²) >= 11 is 0. The van der Waals surface area contributed by atoms with Crippen LogP contribution < -0.4 is 0 Å². The summed E-state index contributed by atoms with van der Waals surface area (Å²) < 4.78 is 0. The minimum absolute atomic E-state index is 0.209. The van der Waals surface area contributed by atoms with Crippen LogP contribution in [0.2, 0.25) is 0 Å². The maximum absolute atomic E-state index is 10.9. The Labute approximate surface area is 83.4 Å². The van der Waals surface area contributed by atoms with Gasteiger partial charge >= 0.3 is 0 Å². The molecule has 1 heteroatoms. The highest BCUT2D eigenvalue weighted by molar-refractivity contribution is 5.85. The summed E-state index contributed by atoms with van der Waals surface area (Å²) in [6.07, 6.45) is 0.533. The summed E-state index contributed by atoms with van der Waals surface area (Å²) in [6.45, 7) is 1.62. The van der Waals surface area contributed by atoms with Gasteiger partial charge in [0.25, 0.3) is 0 Å². The van der Waals surface area contributed by atoms with E-state index in [1.807, 2.05) is 18.2 Å². The van der Waals surface area contributed by atoms with Crippen molar-refractivity contribution in [3.05, 3.63) is 48.0 Å². The Kier molecular flexibility index (Phi) is 2.32. The van der Waals surface area contributed by atoms with Crippen LogP contribution in [0.15, 0.2) is 42.5 Å². The monoisotopic (exact) mass is 184 g/mol. The maximum Gasteiger partial charge on any atom is 0.134 e. The van der Waals surface area contributed by atoms with Gasteiger partial charge in [-0.25, -0.2) is 0 Å². The van der Waals surface area contributed by atoms with Crippen molar-refractivity contribution < 1.29 is 4.79 Å². The smallest absolute Gasteiger partial charge is 0.134 e. The van der Waals surface area contributed by atoms with E-state index < -0.39 is 0 Å². The van der Waals surface area contributed by atoms with Crippen molar-refractivity contribution >= 4 is 16.6 Å². The van der Waals surface area contributed by atoms with Crippen molar-refractivity contribution in [3.8, 4) is 0 Å². The van der Waals surface area contributed by atoms with E-state index in [1.165, 1.54) is 10.8 Å². The van der Waals surface area contributed by atoms with E-state index in [4.69, 9.17) is 0 Å². The number of Topliss-reactive ketones (excluding diaryl/α,β-unsaturated/α-hetero) is 1. The van der Waals surface area contributed by atoms with Gasteiger partial charge in [-0.2, -0.15) is 0 Å². The van der Waals surface area contributed by atoms with Gasteiger partial charge in [0.2, 0.25) is 0 Å². The van der Waals surface area contributed by atoms with Crippen molar-refractivity contribution in [3.63, 3.8) is 0 Å². The zero-order valence-corrected chi connectivity index (χ0v) is 8.16. The molecule has 2 aromatic carbocycles. The molecule has 0 saturated carbocycles. The van der Waals surface area contributed by atoms with Crippen LogP contribution in [0.3, 0.4) is 0 Å². The fraction of sp³-hybridized carbons (Fsp3) is 0.154. The molecule has 14 heavy (non-hydrogen) atoms. The first-order valence-electron chi connectivity index (χ1n) is 4.73. The lowest BCUT2D eigenvalue weighted by Gasteiger charge is -2.00. The number of hydrogen-bond donors (Lipinski definition) is 0. The zero-order valence-electron chi connectivity index (χ0n) is 8.16. The van der Waals surface area contributed by atoms with Gasteiger partial charge in [-0.1, -0.05) is 42.5 Å². The number of ketones is 1. The molecule has 0 aliphatic heterocycles. The van der Waals surface area contributed by atoms with Crippen LogP contribution in [-0.4, -0.2) is 5.78 Å². The first kappa shape index (κ1) is 8.95. The Balaban J connectivity index is 2.46. The zero-order chi connectivity index (χ0) is 9.97. The summed E-state index contributed by atoms with van der Waals surface area (Å²) in [4.78, 5) is 10.9. The standard InChI is InChI=1S/C13H12O/c1-10(14)8-11-6-7-12-4-2-3-5-13(12)9-11/h2-7,9H,8H2,1H3. The summed E-state index contributed by atoms with van der Waals surface area (Å²) in [6, 6.07) is 14.3. The molecular formula is C13H12O. The lowest BCUT2D eigenvalue weighted by atomic mass is 10.0. The number of hydrogen-bond acceptors (Lipinski definition) is 1. The molecule has 0 bridgehead atoms. The van der Waals surface area contributed by atoms with Crippen molar-refractivity contribution in [2.45, 2.75) is 13.3 Å². The molecule has 0 heterocycles. The maximum atomic E-state index is 10.9. The van der Waals surface area contributed by atoms with Crippen LogP contribution in [-0.2, 0) is 11.2 Å². The average Bonchev–Trinajstić information content (AvgIpc) is 2.17. The number of carbonyl (C=O) groups excluding carboxylic acids is 1. The Hall–Kier alpha value is -1.63. The largest absolute Gasteiger partial charge is 0.300 e. The van der Waals surface area contributed by atoms with Crippen LogP contribution in [0.5, 0.6) is 0 Å². The third-order valence-electron chi connectivity index (χ3n) is 2.27. The molecular weight excluding hydrogens is 172 g/mol. The van der Waals surface area contributed by atoms with Crippen molar-refractivity contribution in [2.24, 2.45) is 0 Å². The fourth-order valence-electron chi connectivity index (χ4n) is 1.64. The number of rotatable bonds is 2. The molecule has 1 nitrogen and oxygen atoms in total. The van der Waals surface area contributed by atoms with Crippen molar-refractivity contribution in [1.82, 2.24) is 0 Å². The number of fused-ring (bicyclic) bond motifs is 1. The van der Waals surface area contributed by atoms with E-state index in [-0.39, 0.29) is 5.78 Å². The van der Waals surface area contributed by atoms with Crippen molar-refractivity contribution in [1.29, 1.82) is 0 Å². The van der Waals surface area contributed by atoms with Gasteiger partial charge in [0, 0.05) is 6.42 Å². The highest BCUT2D eigenvalue weighted by atomic mass is 16.1. The predicted molar refractivity (Wildman–Crippen MR) is 58.3 cm³/mol. The van der Waals surface area contributed by atoms with Gasteiger partial charge in [0.05, 0.1) is 0 Å². The molecule has 70 valence electrons. The van der Waals surface area contributed by atoms with Crippen LogP contribution in [0.1, 0.15) is 12.5 Å². The van der Waals surface area contributed by atoms with E-state index >= 15 is 0 Å². The van der Waals surface area contributed by atoms with Crippen LogP contribution in [0.25, 0.3) is 10.8 Å². The van der Waals surface area contributed by atoms with Crippen LogP contribution in [0, 0.1) is 0 Å². The molecule has 0 saturated heterocycles. The molecule has 0 aliphatic carbocycles. The molecule has 2 rings (SSSR count). The number of carbonyl (C=O) groups is 1. The van der Waals surface area contributed by atoms with Gasteiger partial charge in [-0.15, -0.1) is 0 Å². The molecule has 0 unspecified atom stereocenters. The third kappa shape index (κ3) is 1.82. The fourth-order valence-corrected chi connectivity index (χ4v) is 1.64. The molecule has 0 aromatic heterocycles. The van der Waals surface area contributed by atoms with E-state index in [0.717, 1.165) is 5.56 Å². The Bertz CT molecular complexity index is 471. The summed E-state index contributed by atoms with van der Waals surface area (Å²) in [5.74, 6) is 0.209. The van der Waals surface area contributed by atoms with Gasteiger partial charge in [-0.05, 0) is 23.3 Å². The van der Waals surface area contributed by atoms with Crippen molar-refractivity contribution in [2.75, 3.05) is 0 Å². The molecule has 0 amide bonds. The van der Waals surface area contributed by atoms with E-state index in [2.05, 4.69) is 24.3 Å². The lowest BCUT2D eigenvalue weighted by Crippen LogP contribution is -1.95. The minimum Gasteiger partial charge on any atom is -0.300 e. The predicted octanol–water partition coefficient (Wildman–Crippen LogP) is 2.97. The normalized spacial score (nSPS) is 10.4. The third-order valence-corrected chi connectivity index (χ3v) is 2.27. The van der Waals surface area contributed by atoms with E-state index in [0.29, 0.717) is 6.42 Å². The number of benzene rings is 2. The summed E-state index contributed by atoms with van der Waals surface area (Å²) in [5, 5.41) is 2.42. The summed E-state index contributed by atoms with van der Waals surface area (Å²) in [5.41, 5.74) is 1.09. The van der Waals surface area contributed by atoms with Crippen LogP contribution >= 0.6 is 0 Å². The second kappa shape index (κ2) is 3.62. The Morgan fingerprint density at radius 1 is 1.07 bits per heavy atom. The molecule has 0 spiro atoms. The SMILES string of the molecule is CC(=O)Cc1ccc2ccccc2c1. The second-order valence-corrected chi connectivity index (χ2v) is 3.56. The average molecular weight is 184 g/mol. The Morgan fingerprint density at radius 3 is 2.50 bits per heavy atom. The highest BCUT2D eigenvalue weighted by Gasteiger charge is 1.98. The van der Waals surface area contributed by atoms with Crippen LogP contribution in [0.4, 0.5) is 0 Å². The van der Waals surface area contributed by atoms with Gasteiger partial charge in [0.15, 0.2) is 0 Å². The first-order valence-corrected chi connectivity index (χ1v) is 4.73. The van der Waals surface area contributed by atoms with E-state index in [9.17, 15) is 4.79 Å². The summed E-state index contributed by atoms with van der Waals surface area (Å²) in [7, 11) is 0. The van der Waals surface area contributed by atoms with Gasteiger partial charge < -0.3 is 0 Å². The second-order valence-electron chi connectivity index (χ2n) is 3.56. The minimum atomic E-state index is 0.209. The van der Waals surface area contributed by atoms with E-state index in [1.54, 1.807) is 6.92 Å². The molecule has 0 radical (unpaired) electrons. The Morgan fingerprint density at radius 2 is 1.79 bits per heavy atom. The molecule has 0 fully saturated rings. The molecule has 0 atom stereocenters. The lowest BCUT2D eigenvalue weighted by molar-refractivity contribution is -0.116. The first-order chi connectivity index (χ1) is 6.75. The molecule has 0 aliphatic rings. The quantitative estimate of drug-likeness (QED) is 0.701.